The van der Waals surface area contributed by atoms with Crippen molar-refractivity contribution in [3.05, 3.63) is 12.2 Å². The monoisotopic (exact) mass is 254 g/mol. The van der Waals surface area contributed by atoms with Crippen molar-refractivity contribution >= 4 is 11.9 Å². The van der Waals surface area contributed by atoms with Gasteiger partial charge < -0.3 is 9.47 Å². The first kappa shape index (κ1) is 14.7. The quantitative estimate of drug-likeness (QED) is 0.533. The first-order valence-corrected chi connectivity index (χ1v) is 6.74. The van der Waals surface area contributed by atoms with Gasteiger partial charge in [-0.25, -0.2) is 0 Å². The summed E-state index contributed by atoms with van der Waals surface area (Å²) in [6.45, 7) is 1.79. The van der Waals surface area contributed by atoms with Crippen molar-refractivity contribution in [2.45, 2.75) is 64.6 Å². The van der Waals surface area contributed by atoms with Gasteiger partial charge in [-0.05, 0) is 25.8 Å². The Morgan fingerprint density at radius 2 is 1.33 bits per heavy atom. The number of carbonyl (C=O) groups is 2. The number of rotatable bonds is 1. The number of hydrogen-bond donors (Lipinski definition) is 0. The topological polar surface area (TPSA) is 52.6 Å². The molecular weight excluding hydrogens is 232 g/mol. The molecule has 0 aromatic heterocycles. The Bertz CT molecular complexity index is 272. The van der Waals surface area contributed by atoms with Crippen LogP contribution in [0.1, 0.15) is 58.3 Å². The van der Waals surface area contributed by atoms with Crippen LogP contribution in [0.5, 0.6) is 0 Å². The molecule has 0 aromatic rings. The fourth-order valence-electron chi connectivity index (χ4n) is 1.88. The Morgan fingerprint density at radius 1 is 0.889 bits per heavy atom. The van der Waals surface area contributed by atoms with Gasteiger partial charge in [-0.2, -0.15) is 0 Å². The Hall–Kier alpha value is -1.32. The molecule has 0 atom stereocenters. The molecule has 1 aliphatic rings. The summed E-state index contributed by atoms with van der Waals surface area (Å²) >= 11 is 0. The highest BCUT2D eigenvalue weighted by molar-refractivity contribution is 5.71. The Morgan fingerprint density at radius 3 is 1.78 bits per heavy atom. The predicted octanol–water partition coefficient (Wildman–Crippen LogP) is 3.11. The van der Waals surface area contributed by atoms with Crippen molar-refractivity contribution in [3.8, 4) is 0 Å². The second kappa shape index (κ2) is 8.72. The Labute approximate surface area is 108 Å². The smallest absolute Gasteiger partial charge is 0.309 e. The highest BCUT2D eigenvalue weighted by Crippen LogP contribution is 2.12. The molecule has 0 aliphatic carbocycles. The maximum absolute atomic E-state index is 11.5. The largest absolute Gasteiger partial charge is 0.421 e. The molecule has 1 saturated heterocycles. The summed E-state index contributed by atoms with van der Waals surface area (Å²) < 4.78 is 10.2. The van der Waals surface area contributed by atoms with Crippen LogP contribution in [-0.4, -0.2) is 18.2 Å². The van der Waals surface area contributed by atoms with E-state index in [-0.39, 0.29) is 11.9 Å². The van der Waals surface area contributed by atoms with Crippen molar-refractivity contribution < 1.29 is 19.1 Å². The van der Waals surface area contributed by atoms with Crippen LogP contribution in [-0.2, 0) is 19.1 Å². The zero-order chi connectivity index (χ0) is 13.2. The minimum Gasteiger partial charge on any atom is -0.421 e. The van der Waals surface area contributed by atoms with Crippen molar-refractivity contribution in [1.82, 2.24) is 0 Å². The molecule has 0 unspecified atom stereocenters. The van der Waals surface area contributed by atoms with E-state index in [0.29, 0.717) is 12.8 Å². The SMILES string of the molecule is C/C=C/C1OC(=O)CCCCCCCCC(=O)O1. The van der Waals surface area contributed by atoms with Gasteiger partial charge >= 0.3 is 11.9 Å². The number of ether oxygens (including phenoxy) is 2. The van der Waals surface area contributed by atoms with Gasteiger partial charge in [-0.3, -0.25) is 9.59 Å². The summed E-state index contributed by atoms with van der Waals surface area (Å²) in [5, 5.41) is 0. The zero-order valence-electron chi connectivity index (χ0n) is 11.0. The maximum atomic E-state index is 11.5. The van der Waals surface area contributed by atoms with E-state index in [1.165, 1.54) is 0 Å². The van der Waals surface area contributed by atoms with Crippen molar-refractivity contribution in [2.75, 3.05) is 0 Å². The van der Waals surface area contributed by atoms with Crippen LogP contribution < -0.4 is 0 Å². The molecule has 102 valence electrons. The molecule has 0 spiro atoms. The van der Waals surface area contributed by atoms with Gasteiger partial charge in [0.25, 0.3) is 6.29 Å². The van der Waals surface area contributed by atoms with E-state index < -0.39 is 6.29 Å². The van der Waals surface area contributed by atoms with Crippen LogP contribution in [0.3, 0.4) is 0 Å². The second-order valence-corrected chi connectivity index (χ2v) is 4.50. The average molecular weight is 254 g/mol. The standard InChI is InChI=1S/C14H22O4/c1-2-9-14-17-12(15)10-7-5-3-4-6-8-11-13(16)18-14/h2,9,14H,3-8,10-11H2,1H3/b9-2+. The minimum absolute atomic E-state index is 0.301. The van der Waals surface area contributed by atoms with Gasteiger partial charge in [0.1, 0.15) is 0 Å². The predicted molar refractivity (Wildman–Crippen MR) is 67.7 cm³/mol. The molecule has 0 saturated carbocycles. The van der Waals surface area contributed by atoms with E-state index >= 15 is 0 Å². The van der Waals surface area contributed by atoms with E-state index in [1.54, 1.807) is 19.1 Å². The third-order valence-electron chi connectivity index (χ3n) is 2.86. The van der Waals surface area contributed by atoms with Crippen LogP contribution in [0, 0.1) is 0 Å². The van der Waals surface area contributed by atoms with Gasteiger partial charge in [-0.1, -0.05) is 31.8 Å². The molecule has 18 heavy (non-hydrogen) atoms. The minimum atomic E-state index is -0.865. The first-order chi connectivity index (χ1) is 8.72. The van der Waals surface area contributed by atoms with E-state index in [4.69, 9.17) is 9.47 Å². The number of esters is 2. The number of carbonyl (C=O) groups excluding carboxylic acids is 2. The number of allylic oxidation sites excluding steroid dienone is 1. The Balaban J connectivity index is 2.55. The molecule has 1 rings (SSSR count). The fraction of sp³-hybridized carbons (Fsp3) is 0.714. The lowest BCUT2D eigenvalue weighted by Crippen LogP contribution is -2.22. The maximum Gasteiger partial charge on any atom is 0.309 e. The molecule has 1 aliphatic heterocycles. The Kier molecular flexibility index (Phi) is 7.14. The van der Waals surface area contributed by atoms with E-state index in [1.807, 2.05) is 0 Å². The van der Waals surface area contributed by atoms with Crippen LogP contribution in [0.15, 0.2) is 12.2 Å². The van der Waals surface area contributed by atoms with Crippen molar-refractivity contribution in [3.63, 3.8) is 0 Å². The summed E-state index contributed by atoms with van der Waals surface area (Å²) in [6.07, 6.45) is 9.20. The van der Waals surface area contributed by atoms with Gasteiger partial charge in [0.2, 0.25) is 0 Å². The number of hydrogen-bond acceptors (Lipinski definition) is 4. The van der Waals surface area contributed by atoms with Gasteiger partial charge in [0.15, 0.2) is 0 Å². The molecule has 4 nitrogen and oxygen atoms in total. The normalized spacial score (nSPS) is 21.6. The lowest BCUT2D eigenvalue weighted by Gasteiger charge is -2.14. The van der Waals surface area contributed by atoms with Gasteiger partial charge in [-0.15, -0.1) is 0 Å². The summed E-state index contributed by atoms with van der Waals surface area (Å²) in [6, 6.07) is 0. The lowest BCUT2D eigenvalue weighted by atomic mass is 10.1. The van der Waals surface area contributed by atoms with Crippen LogP contribution >= 0.6 is 0 Å². The molecule has 0 amide bonds. The van der Waals surface area contributed by atoms with Gasteiger partial charge in [0.05, 0.1) is 0 Å². The summed E-state index contributed by atoms with van der Waals surface area (Å²) in [7, 11) is 0. The molecule has 1 heterocycles. The van der Waals surface area contributed by atoms with Gasteiger partial charge in [0, 0.05) is 12.8 Å². The highest BCUT2D eigenvalue weighted by Gasteiger charge is 2.16. The summed E-state index contributed by atoms with van der Waals surface area (Å²) in [5.41, 5.74) is 0. The van der Waals surface area contributed by atoms with Crippen molar-refractivity contribution in [1.29, 1.82) is 0 Å². The average Bonchev–Trinajstić information content (AvgIpc) is 2.33. The molecule has 0 aromatic carbocycles. The van der Waals surface area contributed by atoms with E-state index in [2.05, 4.69) is 0 Å². The summed E-state index contributed by atoms with van der Waals surface area (Å²) in [5.74, 6) is -0.602. The fourth-order valence-corrected chi connectivity index (χ4v) is 1.88. The van der Waals surface area contributed by atoms with Crippen molar-refractivity contribution in [2.24, 2.45) is 0 Å². The zero-order valence-corrected chi connectivity index (χ0v) is 11.0. The van der Waals surface area contributed by atoms with Crippen LogP contribution in [0.4, 0.5) is 0 Å². The molecule has 0 radical (unpaired) electrons. The summed E-state index contributed by atoms with van der Waals surface area (Å²) in [4.78, 5) is 23.1. The van der Waals surface area contributed by atoms with Crippen LogP contribution in [0.2, 0.25) is 0 Å². The van der Waals surface area contributed by atoms with E-state index in [9.17, 15) is 9.59 Å². The molecule has 4 heteroatoms. The third kappa shape index (κ3) is 6.42. The highest BCUT2D eigenvalue weighted by atomic mass is 16.7. The first-order valence-electron chi connectivity index (χ1n) is 6.74. The molecule has 1 fully saturated rings. The molecule has 0 N–H and O–H groups in total. The lowest BCUT2D eigenvalue weighted by molar-refractivity contribution is -0.179. The molecular formula is C14H22O4. The molecule has 0 bridgehead atoms. The number of cyclic esters (lactones) is 2. The second-order valence-electron chi connectivity index (χ2n) is 4.50. The third-order valence-corrected chi connectivity index (χ3v) is 2.86. The van der Waals surface area contributed by atoms with Crippen LogP contribution in [0.25, 0.3) is 0 Å². The van der Waals surface area contributed by atoms with E-state index in [0.717, 1.165) is 38.5 Å².